The second kappa shape index (κ2) is 16.2. The van der Waals surface area contributed by atoms with Crippen LogP contribution in [0.15, 0.2) is 60.7 Å². The minimum Gasteiger partial charge on any atom is -0.494 e. The van der Waals surface area contributed by atoms with E-state index >= 15 is 4.39 Å². The lowest BCUT2D eigenvalue weighted by Gasteiger charge is -2.09. The number of unbranched alkanes of at least 4 members (excludes halogenated alkanes) is 13. The van der Waals surface area contributed by atoms with Gasteiger partial charge in [-0.3, -0.25) is 0 Å². The van der Waals surface area contributed by atoms with Crippen molar-refractivity contribution in [2.75, 3.05) is 6.61 Å². The third-order valence-corrected chi connectivity index (χ3v) is 7.82. The lowest BCUT2D eigenvalue weighted by atomic mass is 10.0. The smallest absolute Gasteiger partial charge is 0.141 e. The van der Waals surface area contributed by atoms with Crippen molar-refractivity contribution < 1.29 is 9.13 Å². The summed E-state index contributed by atoms with van der Waals surface area (Å²) >= 11 is 0. The third-order valence-electron chi connectivity index (χ3n) is 7.82. The summed E-state index contributed by atoms with van der Waals surface area (Å²) in [5, 5.41) is 0. The van der Waals surface area contributed by atoms with Crippen LogP contribution in [0.25, 0.3) is 33.5 Å². The number of aromatic nitrogens is 2. The van der Waals surface area contributed by atoms with E-state index < -0.39 is 0 Å². The van der Waals surface area contributed by atoms with Crippen LogP contribution in [-0.4, -0.2) is 16.6 Å². The number of halogens is 1. The number of aromatic amines is 1. The number of ether oxygens (including phenoxy) is 1. The van der Waals surface area contributed by atoms with Crippen LogP contribution in [0, 0.1) is 12.7 Å². The van der Waals surface area contributed by atoms with Crippen molar-refractivity contribution >= 4 is 11.0 Å². The van der Waals surface area contributed by atoms with Gasteiger partial charge in [-0.1, -0.05) is 115 Å². The molecular formula is C36H47FN2O. The Balaban J connectivity index is 1.11. The number of imidazole rings is 1. The fourth-order valence-corrected chi connectivity index (χ4v) is 5.37. The van der Waals surface area contributed by atoms with Crippen molar-refractivity contribution in [2.45, 2.75) is 104 Å². The molecule has 40 heavy (non-hydrogen) atoms. The average Bonchev–Trinajstić information content (AvgIpc) is 3.38. The molecule has 0 amide bonds. The quantitative estimate of drug-likeness (QED) is 0.127. The molecule has 0 atom stereocenters. The molecule has 3 aromatic carbocycles. The number of hydrogen-bond acceptors (Lipinski definition) is 2. The standard InChI is InChI=1S/C36H47FN2O/c1-3-4-5-6-7-8-9-10-11-12-13-14-15-16-25-40-31-21-18-29(19-22-31)30-20-23-32(33(37)27-30)36-38-34-24-17-28(2)26-35(34)39-36/h17-24,26-27H,3-16,25H2,1-2H3,(H,38,39). The molecule has 0 bridgehead atoms. The number of H-pyrrole nitrogens is 1. The van der Waals surface area contributed by atoms with E-state index in [0.717, 1.165) is 46.5 Å². The zero-order valence-corrected chi connectivity index (χ0v) is 24.6. The summed E-state index contributed by atoms with van der Waals surface area (Å²) in [5.74, 6) is 1.14. The predicted molar refractivity (Wildman–Crippen MR) is 167 cm³/mol. The van der Waals surface area contributed by atoms with Gasteiger partial charge in [0.05, 0.1) is 23.2 Å². The van der Waals surface area contributed by atoms with Crippen molar-refractivity contribution in [3.05, 3.63) is 72.0 Å². The maximum Gasteiger partial charge on any atom is 0.141 e. The minimum atomic E-state index is -0.286. The van der Waals surface area contributed by atoms with E-state index in [4.69, 9.17) is 4.74 Å². The molecule has 4 aromatic rings. The van der Waals surface area contributed by atoms with E-state index in [9.17, 15) is 0 Å². The van der Waals surface area contributed by atoms with Gasteiger partial charge in [-0.2, -0.15) is 0 Å². The van der Waals surface area contributed by atoms with Gasteiger partial charge in [-0.15, -0.1) is 0 Å². The molecule has 4 heteroatoms. The number of rotatable bonds is 18. The highest BCUT2D eigenvalue weighted by molar-refractivity contribution is 5.80. The van der Waals surface area contributed by atoms with E-state index in [0.29, 0.717) is 11.4 Å². The monoisotopic (exact) mass is 542 g/mol. The average molecular weight is 543 g/mol. The van der Waals surface area contributed by atoms with E-state index in [1.165, 1.54) is 83.5 Å². The molecule has 0 unspecified atom stereocenters. The van der Waals surface area contributed by atoms with Crippen molar-refractivity contribution in [3.8, 4) is 28.3 Å². The Hall–Kier alpha value is -3.14. The van der Waals surface area contributed by atoms with Gasteiger partial charge in [-0.05, 0) is 66.4 Å². The maximum absolute atomic E-state index is 15.1. The molecule has 0 aliphatic heterocycles. The summed E-state index contributed by atoms with van der Waals surface area (Å²) in [5.41, 5.74) is 5.19. The van der Waals surface area contributed by atoms with Crippen LogP contribution in [0.2, 0.25) is 0 Å². The van der Waals surface area contributed by atoms with Crippen molar-refractivity contribution in [1.82, 2.24) is 9.97 Å². The van der Waals surface area contributed by atoms with Crippen molar-refractivity contribution in [1.29, 1.82) is 0 Å². The zero-order chi connectivity index (χ0) is 28.0. The molecule has 0 radical (unpaired) electrons. The second-order valence-corrected chi connectivity index (χ2v) is 11.3. The van der Waals surface area contributed by atoms with Crippen LogP contribution < -0.4 is 4.74 Å². The minimum absolute atomic E-state index is 0.286. The highest BCUT2D eigenvalue weighted by Crippen LogP contribution is 2.29. The number of nitrogens with one attached hydrogen (secondary N) is 1. The Kier molecular flexibility index (Phi) is 12.1. The first kappa shape index (κ1) is 29.8. The lowest BCUT2D eigenvalue weighted by molar-refractivity contribution is 0.304. The van der Waals surface area contributed by atoms with Gasteiger partial charge >= 0.3 is 0 Å². The Morgan fingerprint density at radius 2 is 1.27 bits per heavy atom. The number of hydrogen-bond donors (Lipinski definition) is 1. The van der Waals surface area contributed by atoms with Gasteiger partial charge in [0.15, 0.2) is 0 Å². The molecule has 1 heterocycles. The SMILES string of the molecule is CCCCCCCCCCCCCCCCOc1ccc(-c2ccc(-c3nc4ccc(C)cc4[nH]3)c(F)c2)cc1. The molecule has 3 nitrogen and oxygen atoms in total. The van der Waals surface area contributed by atoms with E-state index in [2.05, 4.69) is 16.9 Å². The summed E-state index contributed by atoms with van der Waals surface area (Å²) in [6, 6.07) is 19.3. The number of nitrogens with zero attached hydrogens (tertiary/aromatic N) is 1. The van der Waals surface area contributed by atoms with Crippen LogP contribution in [-0.2, 0) is 0 Å². The summed E-state index contributed by atoms with van der Waals surface area (Å²) in [6.45, 7) is 5.06. The molecule has 0 saturated heterocycles. The number of benzene rings is 3. The zero-order valence-electron chi connectivity index (χ0n) is 24.6. The molecule has 4 rings (SSSR count). The Morgan fingerprint density at radius 3 is 1.90 bits per heavy atom. The van der Waals surface area contributed by atoms with Gasteiger partial charge in [0.1, 0.15) is 17.4 Å². The normalized spacial score (nSPS) is 11.4. The van der Waals surface area contributed by atoms with Crippen LogP contribution in [0.3, 0.4) is 0 Å². The molecule has 0 aliphatic carbocycles. The Morgan fingerprint density at radius 1 is 0.675 bits per heavy atom. The summed E-state index contributed by atoms with van der Waals surface area (Å²) < 4.78 is 21.0. The third kappa shape index (κ3) is 9.21. The molecule has 0 saturated carbocycles. The molecule has 214 valence electrons. The van der Waals surface area contributed by atoms with Crippen LogP contribution >= 0.6 is 0 Å². The molecule has 0 fully saturated rings. The largest absolute Gasteiger partial charge is 0.494 e. The first-order chi connectivity index (χ1) is 19.6. The number of fused-ring (bicyclic) bond motifs is 1. The maximum atomic E-state index is 15.1. The van der Waals surface area contributed by atoms with E-state index in [1.54, 1.807) is 12.1 Å². The van der Waals surface area contributed by atoms with Crippen molar-refractivity contribution in [3.63, 3.8) is 0 Å². The van der Waals surface area contributed by atoms with Crippen molar-refractivity contribution in [2.24, 2.45) is 0 Å². The van der Waals surface area contributed by atoms with Gasteiger partial charge in [0, 0.05) is 0 Å². The van der Waals surface area contributed by atoms with E-state index in [-0.39, 0.29) is 5.82 Å². The first-order valence-electron chi connectivity index (χ1n) is 15.6. The first-order valence-corrected chi connectivity index (χ1v) is 15.6. The van der Waals surface area contributed by atoms with Gasteiger partial charge in [0.25, 0.3) is 0 Å². The van der Waals surface area contributed by atoms with Crippen LogP contribution in [0.4, 0.5) is 4.39 Å². The predicted octanol–water partition coefficient (Wildman–Crippen LogP) is 11.2. The van der Waals surface area contributed by atoms with Gasteiger partial charge in [-0.25, -0.2) is 9.37 Å². The highest BCUT2D eigenvalue weighted by atomic mass is 19.1. The Labute approximate surface area is 240 Å². The summed E-state index contributed by atoms with van der Waals surface area (Å²) in [6.07, 6.45) is 19.0. The van der Waals surface area contributed by atoms with Crippen LogP contribution in [0.1, 0.15) is 102 Å². The molecule has 1 N–H and O–H groups in total. The topological polar surface area (TPSA) is 37.9 Å². The molecular weight excluding hydrogens is 495 g/mol. The molecule has 1 aromatic heterocycles. The fraction of sp³-hybridized carbons (Fsp3) is 0.472. The van der Waals surface area contributed by atoms with Gasteiger partial charge < -0.3 is 9.72 Å². The van der Waals surface area contributed by atoms with E-state index in [1.807, 2.05) is 55.5 Å². The summed E-state index contributed by atoms with van der Waals surface area (Å²) in [4.78, 5) is 7.81. The fourth-order valence-electron chi connectivity index (χ4n) is 5.37. The van der Waals surface area contributed by atoms with Crippen LogP contribution in [0.5, 0.6) is 5.75 Å². The Bertz CT molecular complexity index is 1290. The summed E-state index contributed by atoms with van der Waals surface area (Å²) in [7, 11) is 0. The molecule has 0 spiro atoms. The number of aryl methyl sites for hydroxylation is 1. The highest BCUT2D eigenvalue weighted by Gasteiger charge is 2.12. The van der Waals surface area contributed by atoms with Gasteiger partial charge in [0.2, 0.25) is 0 Å². The second-order valence-electron chi connectivity index (χ2n) is 11.3. The molecule has 0 aliphatic rings. The lowest BCUT2D eigenvalue weighted by Crippen LogP contribution is -1.97.